The van der Waals surface area contributed by atoms with E-state index in [-0.39, 0.29) is 23.3 Å². The summed E-state index contributed by atoms with van der Waals surface area (Å²) < 4.78 is 22.5. The predicted molar refractivity (Wildman–Crippen MR) is 62.8 cm³/mol. The van der Waals surface area contributed by atoms with Crippen LogP contribution in [0.25, 0.3) is 0 Å². The number of rotatable bonds is 4. The molecule has 1 heterocycles. The van der Waals surface area contributed by atoms with Crippen LogP contribution in [0, 0.1) is 5.92 Å². The van der Waals surface area contributed by atoms with Gasteiger partial charge in [0.05, 0.1) is 17.4 Å². The van der Waals surface area contributed by atoms with E-state index in [1.54, 1.807) is 4.90 Å². The molecule has 0 radical (unpaired) electrons. The van der Waals surface area contributed by atoms with Crippen LogP contribution in [0.2, 0.25) is 0 Å². The van der Waals surface area contributed by atoms with Gasteiger partial charge in [0.2, 0.25) is 5.91 Å². The Morgan fingerprint density at radius 2 is 2.20 bits per heavy atom. The molecule has 88 valence electrons. The summed E-state index contributed by atoms with van der Waals surface area (Å²) in [5, 5.41) is 0.728. The minimum Gasteiger partial charge on any atom is -0.342 e. The van der Waals surface area contributed by atoms with Gasteiger partial charge >= 0.3 is 0 Å². The van der Waals surface area contributed by atoms with Gasteiger partial charge in [-0.05, 0) is 13.3 Å². The van der Waals surface area contributed by atoms with Crippen LogP contribution in [0.3, 0.4) is 0 Å². The predicted octanol–water partition coefficient (Wildman–Crippen LogP) is 0.664. The summed E-state index contributed by atoms with van der Waals surface area (Å²) in [7, 11) is -2.96. The molecule has 6 heteroatoms. The zero-order valence-corrected chi connectivity index (χ0v) is 11.2. The summed E-state index contributed by atoms with van der Waals surface area (Å²) >= 11 is 3.28. The monoisotopic (exact) mass is 297 g/mol. The van der Waals surface area contributed by atoms with Crippen molar-refractivity contribution in [3.8, 4) is 0 Å². The molecule has 0 aromatic heterocycles. The Labute approximate surface area is 99.1 Å². The van der Waals surface area contributed by atoms with E-state index in [0.717, 1.165) is 5.33 Å². The molecule has 1 saturated heterocycles. The van der Waals surface area contributed by atoms with E-state index in [2.05, 4.69) is 15.9 Å². The third-order valence-electron chi connectivity index (χ3n) is 2.63. The van der Waals surface area contributed by atoms with E-state index in [1.807, 2.05) is 6.92 Å². The molecule has 0 aromatic rings. The van der Waals surface area contributed by atoms with Crippen molar-refractivity contribution >= 4 is 31.7 Å². The number of sulfone groups is 1. The molecule has 0 spiro atoms. The molecule has 0 aromatic carbocycles. The van der Waals surface area contributed by atoms with Crippen molar-refractivity contribution in [3.05, 3.63) is 0 Å². The molecule has 0 saturated carbocycles. The Morgan fingerprint density at radius 3 is 2.60 bits per heavy atom. The lowest BCUT2D eigenvalue weighted by Crippen LogP contribution is -2.37. The average molecular weight is 298 g/mol. The second-order valence-electron chi connectivity index (χ2n) is 3.71. The molecule has 1 fully saturated rings. The average Bonchev–Trinajstić information content (AvgIpc) is 2.54. The van der Waals surface area contributed by atoms with Gasteiger partial charge < -0.3 is 4.90 Å². The number of nitrogens with zero attached hydrogens (tertiary/aromatic N) is 1. The first-order valence-corrected chi connectivity index (χ1v) is 7.99. The van der Waals surface area contributed by atoms with Crippen molar-refractivity contribution in [3.63, 3.8) is 0 Å². The number of carbonyl (C=O) groups is 1. The maximum Gasteiger partial charge on any atom is 0.226 e. The Kier molecular flexibility index (Phi) is 4.58. The molecule has 1 aliphatic heterocycles. The molecule has 0 N–H and O–H groups in total. The second kappa shape index (κ2) is 5.30. The lowest BCUT2D eigenvalue weighted by atomic mass is 10.1. The molecule has 1 rings (SSSR count). The Bertz CT molecular complexity index is 328. The fourth-order valence-electron chi connectivity index (χ4n) is 1.77. The van der Waals surface area contributed by atoms with Crippen molar-refractivity contribution in [1.82, 2.24) is 4.90 Å². The minimum atomic E-state index is -2.96. The largest absolute Gasteiger partial charge is 0.342 e. The maximum absolute atomic E-state index is 11.9. The molecule has 1 aliphatic rings. The minimum absolute atomic E-state index is 0.0157. The highest BCUT2D eigenvalue weighted by molar-refractivity contribution is 9.09. The number of carbonyl (C=O) groups excluding carboxylic acids is 1. The van der Waals surface area contributed by atoms with E-state index >= 15 is 0 Å². The number of hydrogen-bond acceptors (Lipinski definition) is 3. The van der Waals surface area contributed by atoms with Crippen molar-refractivity contribution in [2.45, 2.75) is 13.3 Å². The topological polar surface area (TPSA) is 54.5 Å². The third kappa shape index (κ3) is 3.45. The lowest BCUT2D eigenvalue weighted by molar-refractivity contribution is -0.134. The van der Waals surface area contributed by atoms with Gasteiger partial charge in [0.25, 0.3) is 0 Å². The number of hydrogen-bond donors (Lipinski definition) is 0. The molecule has 1 atom stereocenters. The lowest BCUT2D eigenvalue weighted by Gasteiger charge is -2.22. The van der Waals surface area contributed by atoms with Gasteiger partial charge in [-0.15, -0.1) is 0 Å². The highest BCUT2D eigenvalue weighted by Crippen LogP contribution is 2.20. The molecule has 0 aliphatic carbocycles. The van der Waals surface area contributed by atoms with E-state index in [4.69, 9.17) is 0 Å². The van der Waals surface area contributed by atoms with E-state index in [1.165, 1.54) is 0 Å². The highest BCUT2D eigenvalue weighted by Gasteiger charge is 2.34. The van der Waals surface area contributed by atoms with Crippen LogP contribution in [-0.2, 0) is 14.6 Å². The van der Waals surface area contributed by atoms with Crippen LogP contribution in [0.15, 0.2) is 0 Å². The molecular formula is C9H16BrNO3S. The standard InChI is InChI=1S/C9H16BrNO3S/c1-2-11(5-4-10)9(12)8-3-6-15(13,14)7-8/h8H,2-7H2,1H3. The first-order chi connectivity index (χ1) is 7.00. The summed E-state index contributed by atoms with van der Waals surface area (Å²) in [5.41, 5.74) is 0. The highest BCUT2D eigenvalue weighted by atomic mass is 79.9. The Balaban J connectivity index is 2.61. The Morgan fingerprint density at radius 1 is 1.53 bits per heavy atom. The van der Waals surface area contributed by atoms with Crippen molar-refractivity contribution in [2.75, 3.05) is 29.9 Å². The number of alkyl halides is 1. The smallest absolute Gasteiger partial charge is 0.226 e. The SMILES string of the molecule is CCN(CCBr)C(=O)C1CCS(=O)(=O)C1. The summed E-state index contributed by atoms with van der Waals surface area (Å²) in [6.45, 7) is 3.19. The summed E-state index contributed by atoms with van der Waals surface area (Å²) in [5.74, 6) is -0.132. The second-order valence-corrected chi connectivity index (χ2v) is 6.73. The van der Waals surface area contributed by atoms with Crippen molar-refractivity contribution in [2.24, 2.45) is 5.92 Å². The number of halogens is 1. The molecule has 15 heavy (non-hydrogen) atoms. The fraction of sp³-hybridized carbons (Fsp3) is 0.889. The summed E-state index contributed by atoms with van der Waals surface area (Å²) in [4.78, 5) is 13.6. The molecule has 1 amide bonds. The zero-order valence-electron chi connectivity index (χ0n) is 8.78. The van der Waals surface area contributed by atoms with E-state index in [0.29, 0.717) is 19.5 Å². The fourth-order valence-corrected chi connectivity index (χ4v) is 3.93. The van der Waals surface area contributed by atoms with Crippen LogP contribution < -0.4 is 0 Å². The molecular weight excluding hydrogens is 282 g/mol. The van der Waals surface area contributed by atoms with Crippen LogP contribution in [0.5, 0.6) is 0 Å². The maximum atomic E-state index is 11.9. The van der Waals surface area contributed by atoms with Crippen LogP contribution >= 0.6 is 15.9 Å². The summed E-state index contributed by atoms with van der Waals surface area (Å²) in [6, 6.07) is 0. The molecule has 0 bridgehead atoms. The van der Waals surface area contributed by atoms with Gasteiger partial charge in [0, 0.05) is 18.4 Å². The third-order valence-corrected chi connectivity index (χ3v) is 4.75. The molecule has 1 unspecified atom stereocenters. The summed E-state index contributed by atoms with van der Waals surface area (Å²) in [6.07, 6.45) is 0.486. The van der Waals surface area contributed by atoms with Crippen LogP contribution in [-0.4, -0.2) is 49.2 Å². The van der Waals surface area contributed by atoms with Crippen molar-refractivity contribution in [1.29, 1.82) is 0 Å². The quantitative estimate of drug-likeness (QED) is 0.717. The first kappa shape index (κ1) is 13.0. The van der Waals surface area contributed by atoms with Crippen LogP contribution in [0.1, 0.15) is 13.3 Å². The van der Waals surface area contributed by atoms with Crippen molar-refractivity contribution < 1.29 is 13.2 Å². The number of amides is 1. The molecule has 4 nitrogen and oxygen atoms in total. The van der Waals surface area contributed by atoms with E-state index < -0.39 is 9.84 Å². The van der Waals surface area contributed by atoms with Gasteiger partial charge in [-0.25, -0.2) is 8.42 Å². The normalized spacial score (nSPS) is 24.0. The van der Waals surface area contributed by atoms with E-state index in [9.17, 15) is 13.2 Å². The first-order valence-electron chi connectivity index (χ1n) is 5.05. The van der Waals surface area contributed by atoms with Gasteiger partial charge in [-0.2, -0.15) is 0 Å². The van der Waals surface area contributed by atoms with Gasteiger partial charge in [0.15, 0.2) is 9.84 Å². The van der Waals surface area contributed by atoms with Crippen LogP contribution in [0.4, 0.5) is 0 Å². The zero-order chi connectivity index (χ0) is 11.5. The Hall–Kier alpha value is -0.100. The van der Waals surface area contributed by atoms with Gasteiger partial charge in [0.1, 0.15) is 0 Å². The van der Waals surface area contributed by atoms with Gasteiger partial charge in [-0.1, -0.05) is 15.9 Å². The van der Waals surface area contributed by atoms with Gasteiger partial charge in [-0.3, -0.25) is 4.79 Å².